The van der Waals surface area contributed by atoms with Crippen LogP contribution in [-0.4, -0.2) is 42.8 Å². The normalized spacial score (nSPS) is 16.4. The summed E-state index contributed by atoms with van der Waals surface area (Å²) in [5.41, 5.74) is 4.81. The number of para-hydroxylation sites is 3. The summed E-state index contributed by atoms with van der Waals surface area (Å²) in [7, 11) is 0. The van der Waals surface area contributed by atoms with Crippen molar-refractivity contribution in [3.05, 3.63) is 66.4 Å². The average molecular weight is 387 g/mol. The number of anilines is 5. The second kappa shape index (κ2) is 8.09. The molecule has 1 aromatic heterocycles. The van der Waals surface area contributed by atoms with Crippen molar-refractivity contribution in [2.45, 2.75) is 12.8 Å². The van der Waals surface area contributed by atoms with Gasteiger partial charge >= 0.3 is 0 Å². The molecule has 3 heterocycles. The molecule has 0 saturated carbocycles. The van der Waals surface area contributed by atoms with Crippen LogP contribution in [0, 0.1) is 0 Å². The van der Waals surface area contributed by atoms with Gasteiger partial charge < -0.3 is 19.9 Å². The van der Waals surface area contributed by atoms with E-state index in [0.717, 1.165) is 62.9 Å². The number of morpholine rings is 1. The van der Waals surface area contributed by atoms with Gasteiger partial charge in [0.1, 0.15) is 5.82 Å². The Hall–Kier alpha value is -3.12. The van der Waals surface area contributed by atoms with Crippen molar-refractivity contribution in [1.82, 2.24) is 9.97 Å². The van der Waals surface area contributed by atoms with Gasteiger partial charge in [0, 0.05) is 31.5 Å². The average Bonchev–Trinajstić information content (AvgIpc) is 2.80. The van der Waals surface area contributed by atoms with Gasteiger partial charge in [-0.05, 0) is 42.7 Å². The first-order valence-electron chi connectivity index (χ1n) is 10.3. The molecule has 1 fully saturated rings. The van der Waals surface area contributed by atoms with Gasteiger partial charge in [-0.2, -0.15) is 4.98 Å². The molecular formula is C23H25N5O. The van der Waals surface area contributed by atoms with Crippen LogP contribution in [0.1, 0.15) is 12.0 Å². The largest absolute Gasteiger partial charge is 0.378 e. The number of hydrogen-bond acceptors (Lipinski definition) is 6. The summed E-state index contributed by atoms with van der Waals surface area (Å²) in [5.74, 6) is 1.55. The Morgan fingerprint density at radius 2 is 1.66 bits per heavy atom. The second-order valence-corrected chi connectivity index (χ2v) is 7.36. The van der Waals surface area contributed by atoms with Gasteiger partial charge in [0.2, 0.25) is 5.95 Å². The SMILES string of the molecule is c1ccc2c(c1)CCCN2c1ccnc(Nc2ccccc2N2CCOCC2)n1. The van der Waals surface area contributed by atoms with Crippen LogP contribution < -0.4 is 15.1 Å². The van der Waals surface area contributed by atoms with E-state index < -0.39 is 0 Å². The monoisotopic (exact) mass is 387 g/mol. The van der Waals surface area contributed by atoms with E-state index in [9.17, 15) is 0 Å². The molecule has 0 radical (unpaired) electrons. The van der Waals surface area contributed by atoms with Crippen LogP contribution in [0.4, 0.5) is 28.8 Å². The van der Waals surface area contributed by atoms with Gasteiger partial charge in [0.05, 0.1) is 24.6 Å². The number of nitrogens with one attached hydrogen (secondary N) is 1. The Bertz CT molecular complexity index is 986. The highest BCUT2D eigenvalue weighted by Gasteiger charge is 2.20. The predicted octanol–water partition coefficient (Wildman–Crippen LogP) is 4.14. The highest BCUT2D eigenvalue weighted by Crippen LogP contribution is 2.33. The maximum absolute atomic E-state index is 5.50. The number of aromatic nitrogens is 2. The number of rotatable bonds is 4. The number of aryl methyl sites for hydroxylation is 1. The van der Waals surface area contributed by atoms with E-state index in [2.05, 4.69) is 62.6 Å². The minimum Gasteiger partial charge on any atom is -0.378 e. The fraction of sp³-hybridized carbons (Fsp3) is 0.304. The highest BCUT2D eigenvalue weighted by molar-refractivity contribution is 5.74. The Balaban J connectivity index is 1.42. The molecule has 148 valence electrons. The molecule has 29 heavy (non-hydrogen) atoms. The first-order valence-corrected chi connectivity index (χ1v) is 10.3. The van der Waals surface area contributed by atoms with E-state index in [-0.39, 0.29) is 0 Å². The summed E-state index contributed by atoms with van der Waals surface area (Å²) in [4.78, 5) is 14.0. The van der Waals surface area contributed by atoms with E-state index in [1.165, 1.54) is 11.3 Å². The van der Waals surface area contributed by atoms with Crippen LogP contribution in [0.2, 0.25) is 0 Å². The number of hydrogen-bond donors (Lipinski definition) is 1. The standard InChI is InChI=1S/C23H25N5O/c1-3-9-20-18(6-1)7-5-13-28(20)22-11-12-24-23(26-22)25-19-8-2-4-10-21(19)27-14-16-29-17-15-27/h1-4,6,8-12H,5,7,13-17H2,(H,24,25,26). The van der Waals surface area contributed by atoms with Crippen LogP contribution in [0.5, 0.6) is 0 Å². The maximum Gasteiger partial charge on any atom is 0.229 e. The molecule has 0 unspecified atom stereocenters. The minimum absolute atomic E-state index is 0.617. The van der Waals surface area contributed by atoms with Crippen molar-refractivity contribution >= 4 is 28.8 Å². The number of nitrogens with zero attached hydrogens (tertiary/aromatic N) is 4. The lowest BCUT2D eigenvalue weighted by molar-refractivity contribution is 0.123. The summed E-state index contributed by atoms with van der Waals surface area (Å²) in [6, 6.07) is 18.9. The molecule has 2 aliphatic heterocycles. The molecule has 3 aromatic rings. The zero-order valence-electron chi connectivity index (χ0n) is 16.4. The smallest absolute Gasteiger partial charge is 0.229 e. The summed E-state index contributed by atoms with van der Waals surface area (Å²) < 4.78 is 5.50. The molecule has 1 saturated heterocycles. The molecule has 0 spiro atoms. The minimum atomic E-state index is 0.617. The topological polar surface area (TPSA) is 53.5 Å². The summed E-state index contributed by atoms with van der Waals surface area (Å²) in [6.07, 6.45) is 4.08. The molecule has 0 amide bonds. The third kappa shape index (κ3) is 3.76. The summed E-state index contributed by atoms with van der Waals surface area (Å²) in [6.45, 7) is 4.27. The van der Waals surface area contributed by atoms with Crippen molar-refractivity contribution in [2.24, 2.45) is 0 Å². The van der Waals surface area contributed by atoms with E-state index in [1.54, 1.807) is 0 Å². The Morgan fingerprint density at radius 1 is 0.862 bits per heavy atom. The zero-order chi connectivity index (χ0) is 19.5. The first-order chi connectivity index (χ1) is 14.4. The molecule has 6 heteroatoms. The van der Waals surface area contributed by atoms with Gasteiger partial charge in [-0.1, -0.05) is 30.3 Å². The number of benzene rings is 2. The molecule has 2 aromatic carbocycles. The van der Waals surface area contributed by atoms with E-state index in [4.69, 9.17) is 9.72 Å². The van der Waals surface area contributed by atoms with E-state index in [0.29, 0.717) is 5.95 Å². The summed E-state index contributed by atoms with van der Waals surface area (Å²) in [5, 5.41) is 3.44. The molecule has 0 bridgehead atoms. The lowest BCUT2D eigenvalue weighted by atomic mass is 10.0. The number of ether oxygens (including phenoxy) is 1. The molecule has 0 atom stereocenters. The molecule has 6 nitrogen and oxygen atoms in total. The third-order valence-corrected chi connectivity index (χ3v) is 5.53. The van der Waals surface area contributed by atoms with Crippen molar-refractivity contribution < 1.29 is 4.74 Å². The Morgan fingerprint density at radius 3 is 2.55 bits per heavy atom. The number of fused-ring (bicyclic) bond motifs is 1. The van der Waals surface area contributed by atoms with Gasteiger partial charge in [-0.15, -0.1) is 0 Å². The molecule has 0 aliphatic carbocycles. The van der Waals surface area contributed by atoms with Crippen molar-refractivity contribution in [3.63, 3.8) is 0 Å². The van der Waals surface area contributed by atoms with Crippen molar-refractivity contribution in [1.29, 1.82) is 0 Å². The van der Waals surface area contributed by atoms with Gasteiger partial charge in [0.15, 0.2) is 0 Å². The quantitative estimate of drug-likeness (QED) is 0.726. The fourth-order valence-electron chi connectivity index (χ4n) is 4.11. The second-order valence-electron chi connectivity index (χ2n) is 7.36. The molecule has 2 aliphatic rings. The van der Waals surface area contributed by atoms with Crippen molar-refractivity contribution in [3.8, 4) is 0 Å². The van der Waals surface area contributed by atoms with E-state index in [1.807, 2.05) is 18.3 Å². The van der Waals surface area contributed by atoms with Crippen LogP contribution in [0.25, 0.3) is 0 Å². The molecular weight excluding hydrogens is 362 g/mol. The summed E-state index contributed by atoms with van der Waals surface area (Å²) >= 11 is 0. The first kappa shape index (κ1) is 17.9. The van der Waals surface area contributed by atoms with E-state index >= 15 is 0 Å². The third-order valence-electron chi connectivity index (χ3n) is 5.53. The molecule has 1 N–H and O–H groups in total. The predicted molar refractivity (Wildman–Crippen MR) is 117 cm³/mol. The lowest BCUT2D eigenvalue weighted by Gasteiger charge is -2.31. The fourth-order valence-corrected chi connectivity index (χ4v) is 4.11. The lowest BCUT2D eigenvalue weighted by Crippen LogP contribution is -2.36. The molecule has 5 rings (SSSR count). The Labute approximate surface area is 171 Å². The zero-order valence-corrected chi connectivity index (χ0v) is 16.4. The maximum atomic E-state index is 5.50. The highest BCUT2D eigenvalue weighted by atomic mass is 16.5. The van der Waals surface area contributed by atoms with Crippen LogP contribution in [-0.2, 0) is 11.2 Å². The van der Waals surface area contributed by atoms with Crippen LogP contribution in [0.15, 0.2) is 60.8 Å². The van der Waals surface area contributed by atoms with Crippen LogP contribution >= 0.6 is 0 Å². The van der Waals surface area contributed by atoms with Crippen molar-refractivity contribution in [2.75, 3.05) is 48.0 Å². The van der Waals surface area contributed by atoms with Gasteiger partial charge in [-0.25, -0.2) is 4.98 Å². The Kier molecular flexibility index (Phi) is 5.01. The van der Waals surface area contributed by atoms with Crippen LogP contribution in [0.3, 0.4) is 0 Å². The van der Waals surface area contributed by atoms with Gasteiger partial charge in [0.25, 0.3) is 0 Å². The van der Waals surface area contributed by atoms with Gasteiger partial charge in [-0.3, -0.25) is 0 Å².